The van der Waals surface area contributed by atoms with Gasteiger partial charge in [-0.05, 0) is 0 Å². The summed E-state index contributed by atoms with van der Waals surface area (Å²) >= 11 is 1.02. The molecule has 0 aromatic carbocycles. The minimum absolute atomic E-state index is 0.0291. The van der Waals surface area contributed by atoms with Crippen LogP contribution in [0.25, 0.3) is 0 Å². The number of fused-ring (bicyclic) bond motifs is 1. The molecule has 0 atom stereocenters. The fourth-order valence-corrected chi connectivity index (χ4v) is 1.86. The number of hydrogen-bond acceptors (Lipinski definition) is 6. The maximum Gasteiger partial charge on any atom is 0.277 e. The molecule has 0 bridgehead atoms. The van der Waals surface area contributed by atoms with E-state index in [1.165, 1.54) is 0 Å². The Morgan fingerprint density at radius 1 is 1.57 bits per heavy atom. The van der Waals surface area contributed by atoms with Gasteiger partial charge >= 0.3 is 0 Å². The summed E-state index contributed by atoms with van der Waals surface area (Å²) in [4.78, 5) is 13.3. The van der Waals surface area contributed by atoms with Crippen molar-refractivity contribution in [1.29, 1.82) is 0 Å². The predicted molar refractivity (Wildman–Crippen MR) is 51.4 cm³/mol. The first-order valence-corrected chi connectivity index (χ1v) is 5.02. The molecule has 0 spiro atoms. The Balaban J connectivity index is 2.24. The second-order valence-electron chi connectivity index (χ2n) is 2.90. The molecule has 1 aliphatic heterocycles. The average Bonchev–Trinajstić information content (AvgIpc) is 2.59. The highest BCUT2D eigenvalue weighted by Gasteiger charge is 2.25. The highest BCUT2D eigenvalue weighted by Crippen LogP contribution is 2.16. The lowest BCUT2D eigenvalue weighted by atomic mass is 10.3. The van der Waals surface area contributed by atoms with Crippen molar-refractivity contribution in [2.24, 2.45) is 0 Å². The maximum atomic E-state index is 11.8. The Labute approximate surface area is 84.9 Å². The van der Waals surface area contributed by atoms with E-state index in [0.717, 1.165) is 11.7 Å². The number of β-amino-alcohol motifs (C(OH)–C–C–N with tert-alkyl or cyclic N) is 1. The number of hydrogen-bond donors (Lipinski definition) is 2. The average molecular weight is 214 g/mol. The van der Waals surface area contributed by atoms with E-state index >= 15 is 0 Å². The Bertz CT molecular complexity index is 340. The number of amides is 1. The zero-order valence-corrected chi connectivity index (χ0v) is 8.25. The smallest absolute Gasteiger partial charge is 0.277 e. The van der Waals surface area contributed by atoms with Crippen molar-refractivity contribution in [3.63, 3.8) is 0 Å². The minimum atomic E-state index is -0.159. The number of anilines is 1. The predicted octanol–water partition coefficient (Wildman–Crippen LogP) is -0.602. The molecule has 1 aliphatic rings. The molecule has 1 aromatic heterocycles. The summed E-state index contributed by atoms with van der Waals surface area (Å²) in [7, 11) is 0. The number of carbonyl (C=O) groups is 1. The minimum Gasteiger partial charge on any atom is -0.395 e. The van der Waals surface area contributed by atoms with Crippen LogP contribution in [0.15, 0.2) is 0 Å². The molecule has 0 aliphatic carbocycles. The number of nitrogens with one attached hydrogen (secondary N) is 1. The van der Waals surface area contributed by atoms with E-state index in [4.69, 9.17) is 5.11 Å². The second-order valence-corrected chi connectivity index (χ2v) is 3.43. The van der Waals surface area contributed by atoms with E-state index in [-0.39, 0.29) is 12.5 Å². The van der Waals surface area contributed by atoms with Crippen molar-refractivity contribution in [2.75, 3.05) is 31.6 Å². The quantitative estimate of drug-likeness (QED) is 0.687. The molecular weight excluding hydrogens is 204 g/mol. The normalized spacial score (nSPS) is 16.1. The van der Waals surface area contributed by atoms with Gasteiger partial charge in [-0.25, -0.2) is 0 Å². The number of rotatable bonds is 2. The molecule has 1 aromatic rings. The van der Waals surface area contributed by atoms with Gasteiger partial charge in [0.1, 0.15) is 0 Å². The van der Waals surface area contributed by atoms with Crippen molar-refractivity contribution < 1.29 is 9.90 Å². The van der Waals surface area contributed by atoms with E-state index in [9.17, 15) is 4.79 Å². The maximum absolute atomic E-state index is 11.8. The summed E-state index contributed by atoms with van der Waals surface area (Å²) in [6.45, 7) is 1.53. The molecule has 0 radical (unpaired) electrons. The van der Waals surface area contributed by atoms with Gasteiger partial charge in [-0.1, -0.05) is 0 Å². The summed E-state index contributed by atoms with van der Waals surface area (Å²) in [5.41, 5.74) is 0.362. The van der Waals surface area contributed by atoms with Crippen molar-refractivity contribution in [3.8, 4) is 0 Å². The lowest BCUT2D eigenvalue weighted by Crippen LogP contribution is -2.35. The van der Waals surface area contributed by atoms with Crippen LogP contribution in [-0.4, -0.2) is 50.9 Å². The Morgan fingerprint density at radius 3 is 3.21 bits per heavy atom. The third-order valence-corrected chi connectivity index (χ3v) is 2.55. The molecule has 1 amide bonds. The van der Waals surface area contributed by atoms with Crippen LogP contribution in [0.2, 0.25) is 0 Å². The first-order valence-electron chi connectivity index (χ1n) is 4.29. The highest BCUT2D eigenvalue weighted by molar-refractivity contribution is 6.99. The lowest BCUT2D eigenvalue weighted by molar-refractivity contribution is 0.0730. The SMILES string of the molecule is O=C1c2nsnc2NCCN1CCO. The third-order valence-electron chi connectivity index (χ3n) is 2.02. The van der Waals surface area contributed by atoms with Crippen molar-refractivity contribution in [1.82, 2.24) is 13.6 Å². The molecule has 2 rings (SSSR count). The third kappa shape index (κ3) is 1.55. The van der Waals surface area contributed by atoms with Gasteiger partial charge in [-0.3, -0.25) is 4.79 Å². The fraction of sp³-hybridized carbons (Fsp3) is 0.571. The van der Waals surface area contributed by atoms with Gasteiger partial charge in [0, 0.05) is 19.6 Å². The van der Waals surface area contributed by atoms with Crippen LogP contribution in [0.5, 0.6) is 0 Å². The van der Waals surface area contributed by atoms with Crippen LogP contribution in [0, 0.1) is 0 Å². The molecule has 0 saturated heterocycles. The second kappa shape index (κ2) is 3.89. The zero-order valence-electron chi connectivity index (χ0n) is 7.43. The summed E-state index contributed by atoms with van der Waals surface area (Å²) in [6, 6.07) is 0. The van der Waals surface area contributed by atoms with Crippen LogP contribution in [-0.2, 0) is 0 Å². The van der Waals surface area contributed by atoms with Crippen molar-refractivity contribution in [3.05, 3.63) is 5.69 Å². The van der Waals surface area contributed by atoms with Crippen LogP contribution in [0.4, 0.5) is 5.82 Å². The number of nitrogens with zero attached hydrogens (tertiary/aromatic N) is 3. The summed E-state index contributed by atoms with van der Waals surface area (Å²) in [6.07, 6.45) is 0. The van der Waals surface area contributed by atoms with E-state index in [1.807, 2.05) is 0 Å². The van der Waals surface area contributed by atoms with Crippen LogP contribution >= 0.6 is 11.7 Å². The molecule has 0 saturated carbocycles. The number of carbonyl (C=O) groups excluding carboxylic acids is 1. The number of aromatic nitrogens is 2. The summed E-state index contributed by atoms with van der Waals surface area (Å²) in [5, 5.41) is 11.8. The van der Waals surface area contributed by atoms with Gasteiger partial charge in [0.15, 0.2) is 11.5 Å². The molecule has 14 heavy (non-hydrogen) atoms. The molecule has 76 valence electrons. The van der Waals surface area contributed by atoms with Gasteiger partial charge in [0.05, 0.1) is 18.3 Å². The first kappa shape index (κ1) is 9.35. The van der Waals surface area contributed by atoms with E-state index in [0.29, 0.717) is 31.1 Å². The van der Waals surface area contributed by atoms with Gasteiger partial charge in [-0.15, -0.1) is 0 Å². The standard InChI is InChI=1S/C7H10N4O2S/c12-4-3-11-2-1-8-6-5(7(11)13)9-14-10-6/h12H,1-4H2,(H,8,10). The Morgan fingerprint density at radius 2 is 2.43 bits per heavy atom. The number of aliphatic hydroxyl groups is 1. The zero-order chi connectivity index (χ0) is 9.97. The first-order chi connectivity index (χ1) is 6.83. The number of aliphatic hydroxyl groups excluding tert-OH is 1. The van der Waals surface area contributed by atoms with Crippen LogP contribution in [0.1, 0.15) is 10.5 Å². The largest absolute Gasteiger partial charge is 0.395 e. The fourth-order valence-electron chi connectivity index (χ4n) is 1.34. The van der Waals surface area contributed by atoms with E-state index < -0.39 is 0 Å². The van der Waals surface area contributed by atoms with Gasteiger partial charge < -0.3 is 15.3 Å². The van der Waals surface area contributed by atoms with Gasteiger partial charge in [0.25, 0.3) is 5.91 Å². The molecule has 6 nitrogen and oxygen atoms in total. The monoisotopic (exact) mass is 214 g/mol. The van der Waals surface area contributed by atoms with Crippen molar-refractivity contribution >= 4 is 23.5 Å². The van der Waals surface area contributed by atoms with Gasteiger partial charge in [-0.2, -0.15) is 8.75 Å². The highest BCUT2D eigenvalue weighted by atomic mass is 32.1. The molecule has 0 unspecified atom stereocenters. The molecule has 7 heteroatoms. The van der Waals surface area contributed by atoms with E-state index in [2.05, 4.69) is 14.1 Å². The van der Waals surface area contributed by atoms with Gasteiger partial charge in [0.2, 0.25) is 0 Å². The summed E-state index contributed by atoms with van der Waals surface area (Å²) in [5.74, 6) is 0.397. The lowest BCUT2D eigenvalue weighted by Gasteiger charge is -2.17. The van der Waals surface area contributed by atoms with E-state index in [1.54, 1.807) is 4.90 Å². The van der Waals surface area contributed by atoms with Crippen LogP contribution < -0.4 is 5.32 Å². The Kier molecular flexibility index (Phi) is 2.60. The molecule has 2 heterocycles. The molecule has 2 N–H and O–H groups in total. The Hall–Kier alpha value is -1.21. The van der Waals surface area contributed by atoms with Crippen LogP contribution in [0.3, 0.4) is 0 Å². The van der Waals surface area contributed by atoms with Crippen molar-refractivity contribution in [2.45, 2.75) is 0 Å². The topological polar surface area (TPSA) is 78.4 Å². The molecule has 0 fully saturated rings. The molecular formula is C7H10N4O2S. The summed E-state index contributed by atoms with van der Waals surface area (Å²) < 4.78 is 7.90.